The molecule has 0 radical (unpaired) electrons. The van der Waals surface area contributed by atoms with Crippen LogP contribution in [-0.2, 0) is 4.79 Å². The third kappa shape index (κ3) is 2.54. The lowest BCUT2D eigenvalue weighted by molar-refractivity contribution is -0.344. The van der Waals surface area contributed by atoms with E-state index in [2.05, 4.69) is 0 Å². The number of carbonyl (C=O) groups excluding carboxylic acids is 1. The number of hydrogen-bond acceptors (Lipinski definition) is 1. The van der Waals surface area contributed by atoms with Gasteiger partial charge in [-0.3, -0.25) is 4.79 Å². The minimum atomic E-state index is -6.48. The van der Waals surface area contributed by atoms with Crippen molar-refractivity contribution in [2.45, 2.75) is 49.7 Å². The first-order chi connectivity index (χ1) is 8.00. The summed E-state index contributed by atoms with van der Waals surface area (Å²) in [5.41, 5.74) is 0. The van der Waals surface area contributed by atoms with Crippen molar-refractivity contribution >= 4 is 5.91 Å². The maximum absolute atomic E-state index is 12.9. The number of nitrogens with one attached hydrogen (secondary N) is 1. The average Bonchev–Trinajstić information content (AvgIpc) is 2.68. The molecule has 0 aliphatic heterocycles. The quantitative estimate of drug-likeness (QED) is 0.792. The minimum Gasteiger partial charge on any atom is -0.348 e. The first kappa shape index (κ1) is 15.0. The molecule has 0 aromatic heterocycles. The molecular formula is C9H10F7NO. The molecule has 106 valence electrons. The number of carbonyl (C=O) groups is 1. The van der Waals surface area contributed by atoms with Crippen LogP contribution in [0.1, 0.15) is 25.7 Å². The summed E-state index contributed by atoms with van der Waals surface area (Å²) in [5.74, 6) is -14.8. The summed E-state index contributed by atoms with van der Waals surface area (Å²) in [7, 11) is 0. The van der Waals surface area contributed by atoms with E-state index in [-0.39, 0.29) is 0 Å². The van der Waals surface area contributed by atoms with Crippen LogP contribution in [-0.4, -0.2) is 30.0 Å². The molecule has 0 bridgehead atoms. The summed E-state index contributed by atoms with van der Waals surface area (Å²) < 4.78 is 86.1. The molecule has 1 amide bonds. The zero-order valence-electron chi connectivity index (χ0n) is 8.96. The second-order valence-corrected chi connectivity index (χ2v) is 4.10. The van der Waals surface area contributed by atoms with Gasteiger partial charge >= 0.3 is 18.0 Å². The van der Waals surface area contributed by atoms with Crippen molar-refractivity contribution < 1.29 is 35.5 Å². The van der Waals surface area contributed by atoms with Gasteiger partial charge in [0.1, 0.15) is 0 Å². The van der Waals surface area contributed by atoms with Crippen molar-refractivity contribution in [2.24, 2.45) is 0 Å². The molecule has 0 saturated heterocycles. The van der Waals surface area contributed by atoms with E-state index in [1.165, 1.54) is 5.32 Å². The molecule has 18 heavy (non-hydrogen) atoms. The normalized spacial score (nSPS) is 19.1. The molecule has 0 unspecified atom stereocenters. The Bertz CT molecular complexity index is 319. The van der Waals surface area contributed by atoms with Gasteiger partial charge in [0.25, 0.3) is 5.91 Å². The van der Waals surface area contributed by atoms with E-state index in [4.69, 9.17) is 0 Å². The maximum Gasteiger partial charge on any atom is 0.460 e. The fraction of sp³-hybridized carbons (Fsp3) is 0.889. The van der Waals surface area contributed by atoms with E-state index in [0.717, 1.165) is 0 Å². The van der Waals surface area contributed by atoms with Crippen LogP contribution in [0.3, 0.4) is 0 Å². The molecule has 2 nitrogen and oxygen atoms in total. The number of amides is 1. The lowest BCUT2D eigenvalue weighted by Gasteiger charge is -2.28. The molecule has 1 N–H and O–H groups in total. The van der Waals surface area contributed by atoms with Gasteiger partial charge < -0.3 is 5.32 Å². The fourth-order valence-electron chi connectivity index (χ4n) is 1.67. The predicted octanol–water partition coefficient (Wildman–Crippen LogP) is 2.88. The van der Waals surface area contributed by atoms with Crippen molar-refractivity contribution in [1.82, 2.24) is 5.32 Å². The molecular weight excluding hydrogens is 271 g/mol. The Labute approximate surface area is 97.5 Å². The molecule has 1 aliphatic carbocycles. The van der Waals surface area contributed by atoms with Crippen LogP contribution >= 0.6 is 0 Å². The zero-order chi connectivity index (χ0) is 14.2. The predicted molar refractivity (Wildman–Crippen MR) is 46.3 cm³/mol. The average molecular weight is 281 g/mol. The van der Waals surface area contributed by atoms with Crippen molar-refractivity contribution in [2.75, 3.05) is 0 Å². The van der Waals surface area contributed by atoms with Gasteiger partial charge in [0.15, 0.2) is 0 Å². The van der Waals surface area contributed by atoms with Crippen LogP contribution in [0, 0.1) is 0 Å². The second-order valence-electron chi connectivity index (χ2n) is 4.10. The number of halogens is 7. The lowest BCUT2D eigenvalue weighted by Crippen LogP contribution is -2.60. The zero-order valence-corrected chi connectivity index (χ0v) is 8.96. The van der Waals surface area contributed by atoms with Crippen LogP contribution in [0.15, 0.2) is 0 Å². The Morgan fingerprint density at radius 2 is 1.39 bits per heavy atom. The van der Waals surface area contributed by atoms with Crippen molar-refractivity contribution in [3.63, 3.8) is 0 Å². The number of hydrogen-bond donors (Lipinski definition) is 1. The van der Waals surface area contributed by atoms with Crippen molar-refractivity contribution in [1.29, 1.82) is 0 Å². The molecule has 1 rings (SSSR count). The molecule has 0 atom stereocenters. The summed E-state index contributed by atoms with van der Waals surface area (Å²) in [4.78, 5) is 10.9. The first-order valence-electron chi connectivity index (χ1n) is 5.13. The number of alkyl halides is 7. The summed E-state index contributed by atoms with van der Waals surface area (Å²) >= 11 is 0. The Morgan fingerprint density at radius 3 is 1.78 bits per heavy atom. The van der Waals surface area contributed by atoms with Crippen LogP contribution in [0.4, 0.5) is 30.7 Å². The van der Waals surface area contributed by atoms with Gasteiger partial charge in [-0.25, -0.2) is 0 Å². The van der Waals surface area contributed by atoms with Gasteiger partial charge in [-0.1, -0.05) is 12.8 Å². The molecule has 1 saturated carbocycles. The molecule has 1 fully saturated rings. The molecule has 0 spiro atoms. The summed E-state index contributed by atoms with van der Waals surface area (Å²) in [6.07, 6.45) is -4.69. The molecule has 1 aliphatic rings. The highest BCUT2D eigenvalue weighted by molar-refractivity contribution is 5.85. The van der Waals surface area contributed by atoms with Gasteiger partial charge in [-0.05, 0) is 12.8 Å². The highest BCUT2D eigenvalue weighted by Crippen LogP contribution is 2.46. The maximum atomic E-state index is 12.9. The smallest absolute Gasteiger partial charge is 0.348 e. The lowest BCUT2D eigenvalue weighted by atomic mass is 10.1. The third-order valence-corrected chi connectivity index (χ3v) is 2.73. The highest BCUT2D eigenvalue weighted by Gasteiger charge is 2.76. The minimum absolute atomic E-state index is 0.291. The summed E-state index contributed by atoms with van der Waals surface area (Å²) in [6.45, 7) is 0. The monoisotopic (exact) mass is 281 g/mol. The summed E-state index contributed by atoms with van der Waals surface area (Å²) in [5, 5.41) is 1.53. The van der Waals surface area contributed by atoms with E-state index in [0.29, 0.717) is 25.7 Å². The fourth-order valence-corrected chi connectivity index (χ4v) is 1.67. The largest absolute Gasteiger partial charge is 0.460 e. The third-order valence-electron chi connectivity index (χ3n) is 2.73. The molecule has 9 heteroatoms. The standard InChI is InChI=1S/C9H10F7NO/c10-7(11,8(12,13)9(14,15)16)6(18)17-5-3-1-2-4-5/h5H,1-4H2,(H,17,18). The van der Waals surface area contributed by atoms with Crippen LogP contribution < -0.4 is 5.32 Å². The molecule has 0 heterocycles. The van der Waals surface area contributed by atoms with Crippen molar-refractivity contribution in [3.05, 3.63) is 0 Å². The Kier molecular flexibility index (Phi) is 3.83. The Morgan fingerprint density at radius 1 is 0.944 bits per heavy atom. The van der Waals surface area contributed by atoms with Crippen molar-refractivity contribution in [3.8, 4) is 0 Å². The summed E-state index contributed by atoms with van der Waals surface area (Å²) in [6, 6.07) is -0.771. The van der Waals surface area contributed by atoms with Gasteiger partial charge in [0.05, 0.1) is 0 Å². The Hall–Kier alpha value is -1.02. The van der Waals surface area contributed by atoms with Crippen LogP contribution in [0.2, 0.25) is 0 Å². The van der Waals surface area contributed by atoms with E-state index in [1.807, 2.05) is 0 Å². The van der Waals surface area contributed by atoms with E-state index < -0.39 is 30.0 Å². The van der Waals surface area contributed by atoms with Gasteiger partial charge in [0, 0.05) is 6.04 Å². The second kappa shape index (κ2) is 4.58. The first-order valence-corrected chi connectivity index (χ1v) is 5.13. The van der Waals surface area contributed by atoms with E-state index in [9.17, 15) is 35.5 Å². The SMILES string of the molecule is O=C(NC1CCCC1)C(F)(F)C(F)(F)C(F)(F)F. The number of rotatable bonds is 3. The highest BCUT2D eigenvalue weighted by atomic mass is 19.4. The van der Waals surface area contributed by atoms with Gasteiger partial charge in [-0.15, -0.1) is 0 Å². The van der Waals surface area contributed by atoms with E-state index >= 15 is 0 Å². The van der Waals surface area contributed by atoms with Gasteiger partial charge in [0.2, 0.25) is 0 Å². The van der Waals surface area contributed by atoms with E-state index in [1.54, 1.807) is 0 Å². The van der Waals surface area contributed by atoms with Crippen LogP contribution in [0.5, 0.6) is 0 Å². The van der Waals surface area contributed by atoms with Crippen LogP contribution in [0.25, 0.3) is 0 Å². The molecule has 0 aromatic rings. The Balaban J connectivity index is 2.81. The molecule has 0 aromatic carbocycles. The van der Waals surface area contributed by atoms with Gasteiger partial charge in [-0.2, -0.15) is 30.7 Å². The topological polar surface area (TPSA) is 29.1 Å².